The van der Waals surface area contributed by atoms with Crippen LogP contribution in [-0.2, 0) is 4.74 Å². The number of rotatable bonds is 5. The summed E-state index contributed by atoms with van der Waals surface area (Å²) >= 11 is 0. The quantitative estimate of drug-likeness (QED) is 0.702. The van der Waals surface area contributed by atoms with E-state index in [0.29, 0.717) is 6.10 Å². The van der Waals surface area contributed by atoms with Gasteiger partial charge in [-0.05, 0) is 38.6 Å². The molecule has 3 heteroatoms. The molecule has 1 rings (SSSR count). The maximum absolute atomic E-state index is 5.86. The molecule has 1 saturated carbocycles. The Hall–Kier alpha value is -0.120. The molecule has 0 unspecified atom stereocenters. The molecule has 0 aliphatic heterocycles. The highest BCUT2D eigenvalue weighted by Crippen LogP contribution is 2.28. The van der Waals surface area contributed by atoms with E-state index in [1.54, 1.807) is 7.11 Å². The summed E-state index contributed by atoms with van der Waals surface area (Å²) in [5.41, 5.74) is 6.06. The van der Waals surface area contributed by atoms with Crippen LogP contribution in [0, 0.1) is 0 Å². The average molecular weight is 200 g/mol. The molecule has 84 valence electrons. The second kappa shape index (κ2) is 5.69. The minimum Gasteiger partial charge on any atom is -0.381 e. The van der Waals surface area contributed by atoms with E-state index in [1.165, 1.54) is 6.42 Å². The fourth-order valence-electron chi connectivity index (χ4n) is 2.22. The zero-order valence-corrected chi connectivity index (χ0v) is 9.51. The highest BCUT2D eigenvalue weighted by Gasteiger charge is 2.33. The lowest BCUT2D eigenvalue weighted by Gasteiger charge is -2.40. The standard InChI is InChI=1S/C11H24N2O/c1-3-8-13-11(9-12)6-4-10(14-2)5-7-11/h10,13H,3-9,12H2,1-2H3. The molecular weight excluding hydrogens is 176 g/mol. The van der Waals surface area contributed by atoms with Crippen LogP contribution in [0.2, 0.25) is 0 Å². The first-order chi connectivity index (χ1) is 6.76. The van der Waals surface area contributed by atoms with Gasteiger partial charge in [0.15, 0.2) is 0 Å². The third kappa shape index (κ3) is 2.94. The van der Waals surface area contributed by atoms with E-state index in [1.807, 2.05) is 0 Å². The van der Waals surface area contributed by atoms with Gasteiger partial charge in [-0.1, -0.05) is 6.92 Å². The Labute approximate surface area is 87.4 Å². The minimum atomic E-state index is 0.199. The van der Waals surface area contributed by atoms with Crippen molar-refractivity contribution in [3.63, 3.8) is 0 Å². The normalized spacial score (nSPS) is 33.2. The van der Waals surface area contributed by atoms with Gasteiger partial charge in [-0.2, -0.15) is 0 Å². The summed E-state index contributed by atoms with van der Waals surface area (Å²) in [6, 6.07) is 0. The number of nitrogens with one attached hydrogen (secondary N) is 1. The molecule has 1 aliphatic carbocycles. The molecule has 3 nitrogen and oxygen atoms in total. The molecule has 0 amide bonds. The Morgan fingerprint density at radius 3 is 2.50 bits per heavy atom. The fourth-order valence-corrected chi connectivity index (χ4v) is 2.22. The van der Waals surface area contributed by atoms with Gasteiger partial charge in [-0.25, -0.2) is 0 Å². The van der Waals surface area contributed by atoms with Crippen molar-refractivity contribution in [2.75, 3.05) is 20.2 Å². The van der Waals surface area contributed by atoms with Crippen LogP contribution in [0.15, 0.2) is 0 Å². The van der Waals surface area contributed by atoms with Gasteiger partial charge >= 0.3 is 0 Å². The summed E-state index contributed by atoms with van der Waals surface area (Å²) in [5, 5.41) is 3.60. The lowest BCUT2D eigenvalue weighted by molar-refractivity contribution is 0.0433. The second-order valence-electron chi connectivity index (χ2n) is 4.35. The van der Waals surface area contributed by atoms with Crippen LogP contribution in [0.5, 0.6) is 0 Å². The summed E-state index contributed by atoms with van der Waals surface area (Å²) in [5.74, 6) is 0. The molecule has 14 heavy (non-hydrogen) atoms. The number of hydrogen-bond donors (Lipinski definition) is 2. The number of hydrogen-bond acceptors (Lipinski definition) is 3. The number of methoxy groups -OCH3 is 1. The van der Waals surface area contributed by atoms with Crippen molar-refractivity contribution in [1.82, 2.24) is 5.32 Å². The lowest BCUT2D eigenvalue weighted by atomic mass is 9.80. The van der Waals surface area contributed by atoms with Gasteiger partial charge in [0.2, 0.25) is 0 Å². The summed E-state index contributed by atoms with van der Waals surface area (Å²) in [6.45, 7) is 4.02. The average Bonchev–Trinajstić information content (AvgIpc) is 2.27. The van der Waals surface area contributed by atoms with Crippen LogP contribution in [0.1, 0.15) is 39.0 Å². The summed E-state index contributed by atoms with van der Waals surface area (Å²) < 4.78 is 5.36. The van der Waals surface area contributed by atoms with E-state index in [9.17, 15) is 0 Å². The van der Waals surface area contributed by atoms with Crippen molar-refractivity contribution >= 4 is 0 Å². The third-order valence-corrected chi connectivity index (χ3v) is 3.36. The van der Waals surface area contributed by atoms with E-state index in [2.05, 4.69) is 12.2 Å². The Morgan fingerprint density at radius 1 is 1.43 bits per heavy atom. The van der Waals surface area contributed by atoms with Gasteiger partial charge in [0.25, 0.3) is 0 Å². The molecule has 1 fully saturated rings. The van der Waals surface area contributed by atoms with E-state index in [-0.39, 0.29) is 5.54 Å². The Morgan fingerprint density at radius 2 is 2.07 bits per heavy atom. The van der Waals surface area contributed by atoms with Crippen LogP contribution in [0.4, 0.5) is 0 Å². The van der Waals surface area contributed by atoms with Crippen molar-refractivity contribution in [3.8, 4) is 0 Å². The first-order valence-electron chi connectivity index (χ1n) is 5.74. The maximum Gasteiger partial charge on any atom is 0.0572 e. The highest BCUT2D eigenvalue weighted by atomic mass is 16.5. The van der Waals surface area contributed by atoms with Crippen LogP contribution >= 0.6 is 0 Å². The van der Waals surface area contributed by atoms with Gasteiger partial charge in [-0.15, -0.1) is 0 Å². The molecule has 1 aliphatic rings. The fraction of sp³-hybridized carbons (Fsp3) is 1.00. The molecule has 0 heterocycles. The minimum absolute atomic E-state index is 0.199. The summed E-state index contributed by atoms with van der Waals surface area (Å²) in [6.07, 6.45) is 6.23. The van der Waals surface area contributed by atoms with E-state index in [0.717, 1.165) is 38.8 Å². The van der Waals surface area contributed by atoms with Gasteiger partial charge in [0.05, 0.1) is 6.10 Å². The number of nitrogens with two attached hydrogens (primary N) is 1. The van der Waals surface area contributed by atoms with Gasteiger partial charge in [-0.3, -0.25) is 0 Å². The van der Waals surface area contributed by atoms with Crippen molar-refractivity contribution in [3.05, 3.63) is 0 Å². The molecule has 0 aromatic carbocycles. The molecule has 0 radical (unpaired) electrons. The highest BCUT2D eigenvalue weighted by molar-refractivity contribution is 4.93. The third-order valence-electron chi connectivity index (χ3n) is 3.36. The van der Waals surface area contributed by atoms with Crippen LogP contribution in [0.3, 0.4) is 0 Å². The first-order valence-corrected chi connectivity index (χ1v) is 5.74. The first kappa shape index (κ1) is 12.0. The predicted molar refractivity (Wildman–Crippen MR) is 59.3 cm³/mol. The Kier molecular flexibility index (Phi) is 4.85. The topological polar surface area (TPSA) is 47.3 Å². The van der Waals surface area contributed by atoms with Gasteiger partial charge in [0, 0.05) is 19.2 Å². The lowest BCUT2D eigenvalue weighted by Crippen LogP contribution is -2.54. The maximum atomic E-state index is 5.86. The van der Waals surface area contributed by atoms with Crippen LogP contribution < -0.4 is 11.1 Å². The van der Waals surface area contributed by atoms with Crippen LogP contribution in [0.25, 0.3) is 0 Å². The molecule has 0 saturated heterocycles. The van der Waals surface area contributed by atoms with Crippen molar-refractivity contribution < 1.29 is 4.74 Å². The van der Waals surface area contributed by atoms with E-state index >= 15 is 0 Å². The summed E-state index contributed by atoms with van der Waals surface area (Å²) in [4.78, 5) is 0. The zero-order chi connectivity index (χ0) is 10.4. The Bertz CT molecular complexity index is 153. The molecule has 0 spiro atoms. The Balaban J connectivity index is 2.39. The molecule has 0 aromatic rings. The van der Waals surface area contributed by atoms with Crippen molar-refractivity contribution in [2.24, 2.45) is 5.73 Å². The molecular formula is C11H24N2O. The van der Waals surface area contributed by atoms with Gasteiger partial charge < -0.3 is 15.8 Å². The van der Waals surface area contributed by atoms with Gasteiger partial charge in [0.1, 0.15) is 0 Å². The van der Waals surface area contributed by atoms with Crippen molar-refractivity contribution in [1.29, 1.82) is 0 Å². The van der Waals surface area contributed by atoms with Crippen LogP contribution in [-0.4, -0.2) is 31.8 Å². The SMILES string of the molecule is CCCNC1(CN)CCC(OC)CC1. The van der Waals surface area contributed by atoms with E-state index < -0.39 is 0 Å². The zero-order valence-electron chi connectivity index (χ0n) is 9.51. The summed E-state index contributed by atoms with van der Waals surface area (Å²) in [7, 11) is 1.81. The monoisotopic (exact) mass is 200 g/mol. The smallest absolute Gasteiger partial charge is 0.0572 e. The molecule has 0 bridgehead atoms. The van der Waals surface area contributed by atoms with Crippen molar-refractivity contribution in [2.45, 2.75) is 50.7 Å². The van der Waals surface area contributed by atoms with E-state index in [4.69, 9.17) is 10.5 Å². The molecule has 0 aromatic heterocycles. The number of ether oxygens (including phenoxy) is 1. The largest absolute Gasteiger partial charge is 0.381 e. The predicted octanol–water partition coefficient (Wildman–Crippen LogP) is 1.27. The molecule has 3 N–H and O–H groups in total. The molecule has 0 atom stereocenters. The second-order valence-corrected chi connectivity index (χ2v) is 4.35.